The van der Waals surface area contributed by atoms with E-state index in [-0.39, 0.29) is 11.6 Å². The van der Waals surface area contributed by atoms with E-state index in [0.29, 0.717) is 22.9 Å². The molecule has 0 radical (unpaired) electrons. The summed E-state index contributed by atoms with van der Waals surface area (Å²) in [6.07, 6.45) is 0. The summed E-state index contributed by atoms with van der Waals surface area (Å²) in [7, 11) is -1.22. The van der Waals surface area contributed by atoms with Crippen LogP contribution in [0.25, 0.3) is 0 Å². The van der Waals surface area contributed by atoms with Crippen LogP contribution in [0.2, 0.25) is 5.02 Å². The summed E-state index contributed by atoms with van der Waals surface area (Å²) in [5.41, 5.74) is 7.59. The first kappa shape index (κ1) is 15.2. The van der Waals surface area contributed by atoms with Crippen molar-refractivity contribution in [3.8, 4) is 0 Å². The first-order chi connectivity index (χ1) is 9.60. The molecule has 0 saturated heterocycles. The monoisotopic (exact) mass is 311 g/mol. The van der Waals surface area contributed by atoms with E-state index in [2.05, 4.69) is 0 Å². The Kier molecular flexibility index (Phi) is 5.29. The summed E-state index contributed by atoms with van der Waals surface area (Å²) in [6.45, 7) is 0.338. The first-order valence-corrected chi connectivity index (χ1v) is 8.02. The lowest BCUT2D eigenvalue weighted by Gasteiger charge is -2.07. The van der Waals surface area contributed by atoms with E-state index in [4.69, 9.17) is 17.3 Å². The van der Waals surface area contributed by atoms with E-state index in [1.165, 1.54) is 6.07 Å². The Morgan fingerprint density at radius 2 is 1.80 bits per heavy atom. The Morgan fingerprint density at radius 3 is 2.50 bits per heavy atom. The van der Waals surface area contributed by atoms with E-state index >= 15 is 0 Å². The molecule has 2 N–H and O–H groups in total. The third kappa shape index (κ3) is 3.88. The van der Waals surface area contributed by atoms with Crippen molar-refractivity contribution in [3.63, 3.8) is 0 Å². The molecule has 0 aromatic heterocycles. The molecule has 0 aliphatic carbocycles. The summed E-state index contributed by atoms with van der Waals surface area (Å²) >= 11 is 6.03. The van der Waals surface area contributed by atoms with Gasteiger partial charge < -0.3 is 5.73 Å². The summed E-state index contributed by atoms with van der Waals surface area (Å²) in [4.78, 5) is 0. The maximum Gasteiger partial charge on any atom is 0.127 e. The van der Waals surface area contributed by atoms with Crippen molar-refractivity contribution in [2.75, 3.05) is 0 Å². The highest BCUT2D eigenvalue weighted by atomic mass is 35.5. The lowest BCUT2D eigenvalue weighted by atomic mass is 10.1. The fraction of sp³-hybridized carbons (Fsp3) is 0.200. The highest BCUT2D eigenvalue weighted by Gasteiger charge is 2.10. The second-order valence-electron chi connectivity index (χ2n) is 4.45. The summed E-state index contributed by atoms with van der Waals surface area (Å²) < 4.78 is 25.8. The number of benzene rings is 2. The van der Waals surface area contributed by atoms with Crippen molar-refractivity contribution in [1.82, 2.24) is 0 Å². The van der Waals surface area contributed by atoms with Crippen LogP contribution in [-0.2, 0) is 28.9 Å². The van der Waals surface area contributed by atoms with Crippen molar-refractivity contribution < 1.29 is 8.60 Å². The SMILES string of the molecule is NCc1ccc(F)c(CS(=O)Cc2ccccc2Cl)c1. The number of nitrogens with two attached hydrogens (primary N) is 1. The van der Waals surface area contributed by atoms with Crippen molar-refractivity contribution in [3.05, 3.63) is 70.0 Å². The molecule has 0 aliphatic rings. The zero-order chi connectivity index (χ0) is 14.5. The van der Waals surface area contributed by atoms with Gasteiger partial charge >= 0.3 is 0 Å². The van der Waals surface area contributed by atoms with E-state index in [1.807, 2.05) is 18.2 Å². The van der Waals surface area contributed by atoms with Gasteiger partial charge in [-0.1, -0.05) is 41.9 Å². The van der Waals surface area contributed by atoms with Crippen LogP contribution in [0.4, 0.5) is 4.39 Å². The highest BCUT2D eigenvalue weighted by molar-refractivity contribution is 7.83. The second kappa shape index (κ2) is 6.97. The highest BCUT2D eigenvalue weighted by Crippen LogP contribution is 2.19. The van der Waals surface area contributed by atoms with Crippen LogP contribution >= 0.6 is 11.6 Å². The minimum atomic E-state index is -1.22. The van der Waals surface area contributed by atoms with Crippen molar-refractivity contribution in [1.29, 1.82) is 0 Å². The van der Waals surface area contributed by atoms with Gasteiger partial charge in [0.1, 0.15) is 5.82 Å². The van der Waals surface area contributed by atoms with Crippen LogP contribution in [0.1, 0.15) is 16.7 Å². The zero-order valence-corrected chi connectivity index (χ0v) is 12.4. The van der Waals surface area contributed by atoms with Gasteiger partial charge in [-0.05, 0) is 23.3 Å². The van der Waals surface area contributed by atoms with E-state index in [1.54, 1.807) is 18.2 Å². The fourth-order valence-electron chi connectivity index (χ4n) is 1.88. The first-order valence-electron chi connectivity index (χ1n) is 6.16. The minimum Gasteiger partial charge on any atom is -0.326 e. The number of halogens is 2. The lowest BCUT2D eigenvalue weighted by Crippen LogP contribution is -2.04. The van der Waals surface area contributed by atoms with Gasteiger partial charge in [0, 0.05) is 27.9 Å². The Labute approximate surface area is 125 Å². The molecular formula is C15H15ClFNOS. The molecule has 5 heteroatoms. The lowest BCUT2D eigenvalue weighted by molar-refractivity contribution is 0.614. The molecule has 20 heavy (non-hydrogen) atoms. The van der Waals surface area contributed by atoms with Gasteiger partial charge in [0.25, 0.3) is 0 Å². The topological polar surface area (TPSA) is 43.1 Å². The van der Waals surface area contributed by atoms with Crippen molar-refractivity contribution >= 4 is 22.4 Å². The molecule has 2 nitrogen and oxygen atoms in total. The van der Waals surface area contributed by atoms with Crippen LogP contribution in [0.5, 0.6) is 0 Å². The predicted octanol–water partition coefficient (Wildman–Crippen LogP) is 3.39. The van der Waals surface area contributed by atoms with Crippen LogP contribution in [0.15, 0.2) is 42.5 Å². The van der Waals surface area contributed by atoms with Gasteiger partial charge in [0.2, 0.25) is 0 Å². The number of hydrogen-bond acceptors (Lipinski definition) is 2. The third-order valence-electron chi connectivity index (χ3n) is 2.94. The molecule has 0 saturated carbocycles. The average molecular weight is 312 g/mol. The third-order valence-corrected chi connectivity index (χ3v) is 4.57. The molecule has 0 aliphatic heterocycles. The van der Waals surface area contributed by atoms with Gasteiger partial charge in [-0.3, -0.25) is 4.21 Å². The molecule has 0 heterocycles. The summed E-state index contributed by atoms with van der Waals surface area (Å²) in [6, 6.07) is 11.9. The average Bonchev–Trinajstić information content (AvgIpc) is 2.44. The molecule has 1 atom stereocenters. The van der Waals surface area contributed by atoms with Crippen LogP contribution < -0.4 is 5.73 Å². The van der Waals surface area contributed by atoms with Gasteiger partial charge in [-0.25, -0.2) is 4.39 Å². The molecule has 2 aromatic carbocycles. The summed E-state index contributed by atoms with van der Waals surface area (Å²) in [5.74, 6) is 0.117. The molecule has 2 aromatic rings. The van der Waals surface area contributed by atoms with Crippen LogP contribution in [0.3, 0.4) is 0 Å². The molecule has 106 valence electrons. The van der Waals surface area contributed by atoms with E-state index < -0.39 is 10.8 Å². The van der Waals surface area contributed by atoms with E-state index in [0.717, 1.165) is 11.1 Å². The maximum atomic E-state index is 13.7. The van der Waals surface area contributed by atoms with Gasteiger partial charge in [-0.15, -0.1) is 0 Å². The fourth-order valence-corrected chi connectivity index (χ4v) is 3.43. The zero-order valence-electron chi connectivity index (χ0n) is 10.8. The Hall–Kier alpha value is -1.23. The summed E-state index contributed by atoms with van der Waals surface area (Å²) in [5, 5.41) is 0.581. The maximum absolute atomic E-state index is 13.7. The quantitative estimate of drug-likeness (QED) is 0.920. The Morgan fingerprint density at radius 1 is 1.10 bits per heavy atom. The smallest absolute Gasteiger partial charge is 0.127 e. The molecule has 0 fully saturated rings. The van der Waals surface area contributed by atoms with Gasteiger partial charge in [0.15, 0.2) is 0 Å². The van der Waals surface area contributed by atoms with Crippen LogP contribution in [0, 0.1) is 5.82 Å². The molecule has 1 unspecified atom stereocenters. The normalized spacial score (nSPS) is 12.3. The number of hydrogen-bond donors (Lipinski definition) is 1. The molecular weight excluding hydrogens is 297 g/mol. The molecule has 0 spiro atoms. The Bertz CT molecular complexity index is 633. The number of rotatable bonds is 5. The van der Waals surface area contributed by atoms with Crippen molar-refractivity contribution in [2.24, 2.45) is 5.73 Å². The minimum absolute atomic E-state index is 0.158. The second-order valence-corrected chi connectivity index (χ2v) is 6.31. The largest absolute Gasteiger partial charge is 0.326 e. The molecule has 0 bridgehead atoms. The van der Waals surface area contributed by atoms with Crippen LogP contribution in [-0.4, -0.2) is 4.21 Å². The van der Waals surface area contributed by atoms with Gasteiger partial charge in [-0.2, -0.15) is 0 Å². The van der Waals surface area contributed by atoms with Gasteiger partial charge in [0.05, 0.1) is 11.5 Å². The van der Waals surface area contributed by atoms with Crippen molar-refractivity contribution in [2.45, 2.75) is 18.1 Å². The molecule has 2 rings (SSSR count). The standard InChI is InChI=1S/C15H15ClFNOS/c16-14-4-2-1-3-12(14)9-20(19)10-13-7-11(8-18)5-6-15(13)17/h1-7H,8-10,18H2. The predicted molar refractivity (Wildman–Crippen MR) is 81.3 cm³/mol. The molecule has 0 amide bonds. The van der Waals surface area contributed by atoms with E-state index in [9.17, 15) is 8.60 Å². The Balaban J connectivity index is 2.10.